The van der Waals surface area contributed by atoms with Crippen LogP contribution in [0.5, 0.6) is 0 Å². The smallest absolute Gasteiger partial charge is 0.318 e. The van der Waals surface area contributed by atoms with Crippen LogP contribution < -0.4 is 10.6 Å². The molecule has 3 amide bonds. The minimum Gasteiger partial charge on any atom is -0.347 e. The number of aryl methyl sites for hydroxylation is 2. The summed E-state index contributed by atoms with van der Waals surface area (Å²) in [6.07, 6.45) is 7.34. The van der Waals surface area contributed by atoms with Crippen LogP contribution in [0.3, 0.4) is 0 Å². The third-order valence-corrected chi connectivity index (χ3v) is 6.70. The monoisotopic (exact) mass is 378 g/mol. The van der Waals surface area contributed by atoms with Crippen molar-refractivity contribution in [3.8, 4) is 0 Å². The molecule has 2 atom stereocenters. The van der Waals surface area contributed by atoms with Crippen molar-refractivity contribution in [3.63, 3.8) is 0 Å². The molecule has 0 aromatic carbocycles. The van der Waals surface area contributed by atoms with E-state index in [1.165, 1.54) is 19.3 Å². The summed E-state index contributed by atoms with van der Waals surface area (Å²) in [7, 11) is 0. The maximum absolute atomic E-state index is 12.8. The molecule has 0 radical (unpaired) electrons. The Bertz CT molecular complexity index is 654. The molecule has 2 N–H and O–H groups in total. The van der Waals surface area contributed by atoms with Gasteiger partial charge in [-0.1, -0.05) is 19.3 Å². The second-order valence-corrected chi connectivity index (χ2v) is 8.78. The van der Waals surface area contributed by atoms with Gasteiger partial charge in [0.25, 0.3) is 0 Å². The Morgan fingerprint density at radius 3 is 2.54 bits per heavy atom. The molecule has 1 aromatic heterocycles. The van der Waals surface area contributed by atoms with Crippen molar-refractivity contribution in [3.05, 3.63) is 15.6 Å². The Kier molecular flexibility index (Phi) is 6.16. The van der Waals surface area contributed by atoms with Crippen molar-refractivity contribution in [1.82, 2.24) is 20.5 Å². The van der Waals surface area contributed by atoms with Crippen LogP contribution in [0.15, 0.2) is 0 Å². The number of amides is 3. The number of rotatable bonds is 4. The molecule has 2 aliphatic rings. The molecule has 26 heavy (non-hydrogen) atoms. The first-order valence-corrected chi connectivity index (χ1v) is 10.6. The molecule has 1 saturated heterocycles. The second kappa shape index (κ2) is 8.37. The molecule has 0 spiro atoms. The molecule has 6 nitrogen and oxygen atoms in total. The van der Waals surface area contributed by atoms with Gasteiger partial charge in [0, 0.05) is 17.5 Å². The third kappa shape index (κ3) is 4.37. The van der Waals surface area contributed by atoms with Gasteiger partial charge in [-0.3, -0.25) is 4.79 Å². The van der Waals surface area contributed by atoms with Gasteiger partial charge in [0.2, 0.25) is 5.91 Å². The van der Waals surface area contributed by atoms with Crippen LogP contribution in [0.25, 0.3) is 0 Å². The first-order valence-electron chi connectivity index (χ1n) is 9.77. The number of carbonyl (C=O) groups is 2. The lowest BCUT2D eigenvalue weighted by Crippen LogP contribution is -2.52. The van der Waals surface area contributed by atoms with Gasteiger partial charge < -0.3 is 15.5 Å². The van der Waals surface area contributed by atoms with E-state index in [0.717, 1.165) is 41.3 Å². The summed E-state index contributed by atoms with van der Waals surface area (Å²) >= 11 is 1.62. The number of hydrogen-bond donors (Lipinski definition) is 2. The van der Waals surface area contributed by atoms with Gasteiger partial charge in [-0.2, -0.15) is 0 Å². The number of urea groups is 1. The lowest BCUT2D eigenvalue weighted by molar-refractivity contribution is -0.125. The van der Waals surface area contributed by atoms with E-state index in [1.807, 2.05) is 20.8 Å². The van der Waals surface area contributed by atoms with Crippen molar-refractivity contribution in [1.29, 1.82) is 0 Å². The molecule has 3 rings (SSSR count). The predicted octanol–water partition coefficient (Wildman–Crippen LogP) is 3.44. The summed E-state index contributed by atoms with van der Waals surface area (Å²) in [5, 5.41) is 7.24. The fraction of sp³-hybridized carbons (Fsp3) is 0.737. The van der Waals surface area contributed by atoms with E-state index in [9.17, 15) is 9.59 Å². The number of aromatic nitrogens is 1. The van der Waals surface area contributed by atoms with Crippen molar-refractivity contribution in [2.45, 2.75) is 83.8 Å². The number of carbonyl (C=O) groups excluding carboxylic acids is 2. The first-order chi connectivity index (χ1) is 12.5. The lowest BCUT2D eigenvalue weighted by Gasteiger charge is -2.29. The number of likely N-dealkylation sites (tertiary alicyclic amines) is 1. The highest BCUT2D eigenvalue weighted by Crippen LogP contribution is 2.26. The van der Waals surface area contributed by atoms with Gasteiger partial charge in [0.05, 0.1) is 16.7 Å². The predicted molar refractivity (Wildman–Crippen MR) is 103 cm³/mol. The maximum atomic E-state index is 12.8. The third-order valence-electron chi connectivity index (χ3n) is 5.44. The number of thiazole rings is 1. The molecular formula is C19H30N4O2S. The molecule has 2 heterocycles. The molecule has 0 bridgehead atoms. The second-order valence-electron chi connectivity index (χ2n) is 7.55. The van der Waals surface area contributed by atoms with Crippen molar-refractivity contribution >= 4 is 23.3 Å². The number of nitrogens with one attached hydrogen (secondary N) is 2. The Labute approximate surface area is 159 Å². The zero-order valence-corrected chi connectivity index (χ0v) is 16.8. The highest BCUT2D eigenvalue weighted by atomic mass is 32.1. The van der Waals surface area contributed by atoms with Crippen LogP contribution in [-0.4, -0.2) is 40.5 Å². The van der Waals surface area contributed by atoms with E-state index >= 15 is 0 Å². The Morgan fingerprint density at radius 2 is 1.88 bits per heavy atom. The maximum Gasteiger partial charge on any atom is 0.318 e. The quantitative estimate of drug-likeness (QED) is 0.843. The van der Waals surface area contributed by atoms with Crippen LogP contribution in [-0.2, 0) is 4.79 Å². The van der Waals surface area contributed by atoms with E-state index in [0.29, 0.717) is 6.54 Å². The Hall–Kier alpha value is -1.63. The summed E-state index contributed by atoms with van der Waals surface area (Å²) < 4.78 is 0. The SMILES string of the molecule is Cc1nc(C)c([C@@H](C)NC(=O)[C@@H]2CCCN2C(=O)NC2CCCCC2)s1. The Morgan fingerprint density at radius 1 is 1.15 bits per heavy atom. The average molecular weight is 379 g/mol. The fourth-order valence-electron chi connectivity index (χ4n) is 4.11. The first kappa shape index (κ1) is 19.1. The van der Waals surface area contributed by atoms with E-state index in [2.05, 4.69) is 15.6 Å². The normalized spacial score (nSPS) is 22.3. The van der Waals surface area contributed by atoms with Crippen LogP contribution in [0, 0.1) is 13.8 Å². The van der Waals surface area contributed by atoms with Gasteiger partial charge in [-0.05, 0) is 46.5 Å². The molecule has 1 aromatic rings. The molecule has 7 heteroatoms. The van der Waals surface area contributed by atoms with Crippen molar-refractivity contribution in [2.75, 3.05) is 6.54 Å². The van der Waals surface area contributed by atoms with Crippen LogP contribution in [0.1, 0.15) is 73.5 Å². The zero-order chi connectivity index (χ0) is 18.7. The molecule has 144 valence electrons. The van der Waals surface area contributed by atoms with E-state index in [4.69, 9.17) is 0 Å². The fourth-order valence-corrected chi connectivity index (χ4v) is 5.04. The zero-order valence-electron chi connectivity index (χ0n) is 16.0. The summed E-state index contributed by atoms with van der Waals surface area (Å²) in [4.78, 5) is 32.7. The average Bonchev–Trinajstić information content (AvgIpc) is 3.22. The molecule has 1 saturated carbocycles. The van der Waals surface area contributed by atoms with E-state index < -0.39 is 0 Å². The highest BCUT2D eigenvalue weighted by Gasteiger charge is 2.35. The molecular weight excluding hydrogens is 348 g/mol. The van der Waals surface area contributed by atoms with E-state index in [1.54, 1.807) is 16.2 Å². The highest BCUT2D eigenvalue weighted by molar-refractivity contribution is 7.11. The molecule has 2 fully saturated rings. The van der Waals surface area contributed by atoms with Crippen LogP contribution in [0.4, 0.5) is 4.79 Å². The van der Waals surface area contributed by atoms with Gasteiger partial charge in [0.15, 0.2) is 0 Å². The van der Waals surface area contributed by atoms with Gasteiger partial charge >= 0.3 is 6.03 Å². The summed E-state index contributed by atoms with van der Waals surface area (Å²) in [5.74, 6) is -0.0563. The standard InChI is InChI=1S/C19H30N4O2S/c1-12-17(26-14(3)20-12)13(2)21-18(24)16-10-7-11-23(16)19(25)22-15-8-5-4-6-9-15/h13,15-16H,4-11H2,1-3H3,(H,21,24)(H,22,25)/t13-,16+/m1/s1. The van der Waals surface area contributed by atoms with Crippen molar-refractivity contribution in [2.24, 2.45) is 0 Å². The van der Waals surface area contributed by atoms with E-state index in [-0.39, 0.29) is 30.1 Å². The number of hydrogen-bond acceptors (Lipinski definition) is 4. The van der Waals surface area contributed by atoms with Crippen LogP contribution in [0.2, 0.25) is 0 Å². The number of nitrogens with zero attached hydrogens (tertiary/aromatic N) is 2. The molecule has 1 aliphatic heterocycles. The molecule has 0 unspecified atom stereocenters. The van der Waals surface area contributed by atoms with Gasteiger partial charge in [0.1, 0.15) is 6.04 Å². The summed E-state index contributed by atoms with van der Waals surface area (Å²) in [5.41, 5.74) is 0.971. The Balaban J connectivity index is 1.58. The minimum absolute atomic E-state index is 0.0563. The summed E-state index contributed by atoms with van der Waals surface area (Å²) in [6, 6.07) is -0.262. The largest absolute Gasteiger partial charge is 0.347 e. The minimum atomic E-state index is -0.365. The van der Waals surface area contributed by atoms with Crippen LogP contribution >= 0.6 is 11.3 Å². The van der Waals surface area contributed by atoms with Gasteiger partial charge in [-0.25, -0.2) is 9.78 Å². The summed E-state index contributed by atoms with van der Waals surface area (Å²) in [6.45, 7) is 6.59. The lowest BCUT2D eigenvalue weighted by atomic mass is 9.96. The van der Waals surface area contributed by atoms with Crippen molar-refractivity contribution < 1.29 is 9.59 Å². The topological polar surface area (TPSA) is 74.3 Å². The molecule has 1 aliphatic carbocycles. The van der Waals surface area contributed by atoms with Gasteiger partial charge in [-0.15, -0.1) is 11.3 Å².